The summed E-state index contributed by atoms with van der Waals surface area (Å²) in [5.41, 5.74) is 0.572. The molecule has 2 aromatic rings. The molecule has 0 aliphatic rings. The summed E-state index contributed by atoms with van der Waals surface area (Å²) < 4.78 is 35.5. The number of benzene rings is 2. The van der Waals surface area contributed by atoms with Crippen LogP contribution in [0.5, 0.6) is 11.5 Å². The van der Waals surface area contributed by atoms with Crippen molar-refractivity contribution in [3.8, 4) is 11.5 Å². The molecule has 8 nitrogen and oxygen atoms in total. The first-order valence-corrected chi connectivity index (χ1v) is 12.2. The molecule has 0 bridgehead atoms. The summed E-state index contributed by atoms with van der Waals surface area (Å²) in [6, 6.07) is 12.2. The molecular weight excluding hydrogens is 465 g/mol. The number of hydrogen-bond acceptors (Lipinski definition) is 8. The number of phosphoric acid groups is 1. The van der Waals surface area contributed by atoms with Crippen LogP contribution >= 0.6 is 20.0 Å². The third-order valence-electron chi connectivity index (χ3n) is 4.38. The van der Waals surface area contributed by atoms with E-state index >= 15 is 0 Å². The van der Waals surface area contributed by atoms with Crippen LogP contribution in [0.3, 0.4) is 0 Å². The topological polar surface area (TPSA) is 97.1 Å². The molecule has 0 aliphatic heterocycles. The van der Waals surface area contributed by atoms with Crippen LogP contribution in [0.15, 0.2) is 48.5 Å². The number of non-ortho nitro benzene ring substituents is 1. The molecule has 0 fully saturated rings. The van der Waals surface area contributed by atoms with E-state index in [4.69, 9.17) is 30.5 Å². The lowest BCUT2D eigenvalue weighted by molar-refractivity contribution is -0.384. The molecule has 0 saturated heterocycles. The molecule has 33 heavy (non-hydrogen) atoms. The minimum absolute atomic E-state index is 0.0516. The van der Waals surface area contributed by atoms with Crippen LogP contribution in [-0.4, -0.2) is 23.2 Å². The summed E-state index contributed by atoms with van der Waals surface area (Å²) >= 11 is 5.22. The Hall–Kier alpha value is -2.48. The predicted octanol–water partition coefficient (Wildman–Crippen LogP) is 6.86. The Morgan fingerprint density at radius 2 is 1.39 bits per heavy atom. The summed E-state index contributed by atoms with van der Waals surface area (Å²) in [7, 11) is -4.15. The Bertz CT molecular complexity index is 1010. The number of nitrogens with zero attached hydrogens (tertiary/aromatic N) is 1. The molecule has 1 atom stereocenters. The molecule has 0 aromatic heterocycles. The van der Waals surface area contributed by atoms with Gasteiger partial charge in [-0.05, 0) is 47.5 Å². The molecule has 2 aromatic carbocycles. The van der Waals surface area contributed by atoms with Gasteiger partial charge in [0.15, 0.2) is 5.05 Å². The van der Waals surface area contributed by atoms with Crippen LogP contribution in [0.2, 0.25) is 0 Å². The second-order valence-electron chi connectivity index (χ2n) is 9.37. The molecule has 0 radical (unpaired) electrons. The van der Waals surface area contributed by atoms with Gasteiger partial charge in [0, 0.05) is 17.5 Å². The number of nitro benzene ring substituents is 1. The van der Waals surface area contributed by atoms with Crippen molar-refractivity contribution in [2.75, 3.05) is 13.2 Å². The highest BCUT2D eigenvalue weighted by Crippen LogP contribution is 2.49. The molecule has 0 saturated carbocycles. The number of ether oxygens (including phenoxy) is 1. The standard InChI is InChI=1S/C23H30NO7PS/c1-22(2,3)17-7-11-19(12-8-17)30-32(27,29-16-15-28-21(33)23(4,5)6)31-20-13-9-18(10-14-20)24(25)26/h7-14H,15-16H2,1-6H3. The summed E-state index contributed by atoms with van der Waals surface area (Å²) in [5, 5.41) is 11.3. The average molecular weight is 496 g/mol. The fourth-order valence-corrected chi connectivity index (χ4v) is 3.76. The molecule has 1 unspecified atom stereocenters. The van der Waals surface area contributed by atoms with E-state index in [-0.39, 0.29) is 35.5 Å². The van der Waals surface area contributed by atoms with Crippen LogP contribution < -0.4 is 9.05 Å². The average Bonchev–Trinajstić information content (AvgIpc) is 2.70. The van der Waals surface area contributed by atoms with Crippen molar-refractivity contribution < 1.29 is 27.8 Å². The third-order valence-corrected chi connectivity index (χ3v) is 6.48. The largest absolute Gasteiger partial charge is 0.587 e. The molecule has 2 rings (SSSR count). The SMILES string of the molecule is CC(C)(C)C(=S)OCCOP(=O)(Oc1ccc([N+](=O)[O-])cc1)Oc1ccc(C(C)(C)C)cc1. The Balaban J connectivity index is 2.16. The maximum Gasteiger partial charge on any atom is 0.587 e. The Kier molecular flexibility index (Phi) is 8.63. The predicted molar refractivity (Wildman–Crippen MR) is 131 cm³/mol. The smallest absolute Gasteiger partial charge is 0.484 e. The highest BCUT2D eigenvalue weighted by Gasteiger charge is 2.32. The first-order valence-electron chi connectivity index (χ1n) is 10.4. The summed E-state index contributed by atoms with van der Waals surface area (Å²) in [4.78, 5) is 10.3. The number of rotatable bonds is 9. The second-order valence-corrected chi connectivity index (χ2v) is 11.3. The van der Waals surface area contributed by atoms with Gasteiger partial charge in [0.25, 0.3) is 5.69 Å². The second kappa shape index (κ2) is 10.6. The third kappa shape index (κ3) is 8.42. The first kappa shape index (κ1) is 26.8. The number of phosphoric ester groups is 1. The lowest BCUT2D eigenvalue weighted by Gasteiger charge is -2.22. The number of nitro groups is 1. The van der Waals surface area contributed by atoms with Gasteiger partial charge in [-0.2, -0.15) is 0 Å². The van der Waals surface area contributed by atoms with Gasteiger partial charge in [-0.15, -0.1) is 0 Å². The zero-order valence-corrected chi connectivity index (χ0v) is 21.4. The van der Waals surface area contributed by atoms with Crippen molar-refractivity contribution in [2.24, 2.45) is 5.41 Å². The monoisotopic (exact) mass is 495 g/mol. The summed E-state index contributed by atoms with van der Waals surface area (Å²) in [6.07, 6.45) is 0. The molecule has 0 spiro atoms. The molecular formula is C23H30NO7PS. The van der Waals surface area contributed by atoms with E-state index in [0.29, 0.717) is 10.8 Å². The van der Waals surface area contributed by atoms with E-state index in [1.165, 1.54) is 24.3 Å². The molecule has 180 valence electrons. The minimum atomic E-state index is -4.15. The lowest BCUT2D eigenvalue weighted by Crippen LogP contribution is -2.22. The van der Waals surface area contributed by atoms with E-state index in [2.05, 4.69) is 20.8 Å². The minimum Gasteiger partial charge on any atom is -0.484 e. The number of hydrogen-bond donors (Lipinski definition) is 0. The molecule has 0 aliphatic carbocycles. The molecule has 0 amide bonds. The van der Waals surface area contributed by atoms with E-state index < -0.39 is 12.7 Å². The van der Waals surface area contributed by atoms with Crippen LogP contribution in [-0.2, 0) is 19.2 Å². The normalized spacial score (nSPS) is 13.6. The van der Waals surface area contributed by atoms with Gasteiger partial charge in [0.2, 0.25) is 0 Å². The molecule has 0 heterocycles. The van der Waals surface area contributed by atoms with Crippen molar-refractivity contribution in [3.63, 3.8) is 0 Å². The highest BCUT2D eigenvalue weighted by atomic mass is 32.1. The van der Waals surface area contributed by atoms with Crippen LogP contribution in [0.4, 0.5) is 5.69 Å². The van der Waals surface area contributed by atoms with Crippen molar-refractivity contribution in [2.45, 2.75) is 47.0 Å². The van der Waals surface area contributed by atoms with Gasteiger partial charge in [-0.3, -0.25) is 14.6 Å². The zero-order valence-electron chi connectivity index (χ0n) is 19.7. The highest BCUT2D eigenvalue weighted by molar-refractivity contribution is 7.80. The maximum atomic E-state index is 13.4. The van der Waals surface area contributed by atoms with Gasteiger partial charge >= 0.3 is 7.82 Å². The lowest BCUT2D eigenvalue weighted by atomic mass is 9.87. The van der Waals surface area contributed by atoms with Gasteiger partial charge < -0.3 is 13.8 Å². The Morgan fingerprint density at radius 3 is 1.82 bits per heavy atom. The van der Waals surface area contributed by atoms with Gasteiger partial charge in [0.05, 0.1) is 11.5 Å². The number of thiocarbonyl (C=S) groups is 1. The van der Waals surface area contributed by atoms with Crippen LogP contribution in [0.25, 0.3) is 0 Å². The Morgan fingerprint density at radius 1 is 0.909 bits per heavy atom. The van der Waals surface area contributed by atoms with E-state index in [1.54, 1.807) is 12.1 Å². The van der Waals surface area contributed by atoms with Gasteiger partial charge in [-0.25, -0.2) is 4.57 Å². The maximum absolute atomic E-state index is 13.4. The van der Waals surface area contributed by atoms with E-state index in [9.17, 15) is 14.7 Å². The van der Waals surface area contributed by atoms with Gasteiger partial charge in [0.1, 0.15) is 18.1 Å². The van der Waals surface area contributed by atoms with Crippen LogP contribution in [0.1, 0.15) is 47.1 Å². The summed E-state index contributed by atoms with van der Waals surface area (Å²) in [6.45, 7) is 11.9. The Labute approximate surface area is 200 Å². The molecule has 10 heteroatoms. The molecule has 0 N–H and O–H groups in total. The van der Waals surface area contributed by atoms with Crippen molar-refractivity contribution in [1.82, 2.24) is 0 Å². The zero-order chi connectivity index (χ0) is 24.9. The quantitative estimate of drug-likeness (QED) is 0.122. The first-order chi connectivity index (χ1) is 15.2. The summed E-state index contributed by atoms with van der Waals surface area (Å²) in [5.74, 6) is 0.390. The van der Waals surface area contributed by atoms with E-state index in [1.807, 2.05) is 32.9 Å². The van der Waals surface area contributed by atoms with Crippen LogP contribution in [0, 0.1) is 15.5 Å². The fourth-order valence-electron chi connectivity index (χ4n) is 2.47. The van der Waals surface area contributed by atoms with Gasteiger partial charge in [-0.1, -0.05) is 53.7 Å². The van der Waals surface area contributed by atoms with Crippen molar-refractivity contribution in [1.29, 1.82) is 0 Å². The van der Waals surface area contributed by atoms with Crippen molar-refractivity contribution in [3.05, 3.63) is 64.2 Å². The van der Waals surface area contributed by atoms with Crippen molar-refractivity contribution >= 4 is 30.8 Å². The van der Waals surface area contributed by atoms with E-state index in [0.717, 1.165) is 5.56 Å². The fraction of sp³-hybridized carbons (Fsp3) is 0.435.